The summed E-state index contributed by atoms with van der Waals surface area (Å²) in [7, 11) is 0. The van der Waals surface area contributed by atoms with Gasteiger partial charge in [-0.25, -0.2) is 0 Å². The van der Waals surface area contributed by atoms with E-state index in [0.29, 0.717) is 31.6 Å². The van der Waals surface area contributed by atoms with Crippen molar-refractivity contribution in [3.8, 4) is 11.5 Å². The molecule has 3 aromatic rings. The van der Waals surface area contributed by atoms with Crippen molar-refractivity contribution in [2.45, 2.75) is 61.4 Å². The first kappa shape index (κ1) is 20.5. The van der Waals surface area contributed by atoms with E-state index in [0.717, 1.165) is 33.3 Å². The number of hydrogen-bond donors (Lipinski definition) is 3. The van der Waals surface area contributed by atoms with Crippen LogP contribution in [0.1, 0.15) is 47.8 Å². The Balaban J connectivity index is 1.35. The highest BCUT2D eigenvalue weighted by atomic mass is 19.4. The minimum atomic E-state index is -4.24. The Bertz CT molecular complexity index is 1430. The van der Waals surface area contributed by atoms with E-state index in [-0.39, 0.29) is 25.1 Å². The lowest BCUT2D eigenvalue weighted by Gasteiger charge is -2.63. The van der Waals surface area contributed by atoms with E-state index in [4.69, 9.17) is 4.74 Å². The summed E-state index contributed by atoms with van der Waals surface area (Å²) in [5, 5.41) is 24.4. The third-order valence-corrected chi connectivity index (χ3v) is 9.84. The molecule has 1 spiro atoms. The van der Waals surface area contributed by atoms with Gasteiger partial charge in [-0.3, -0.25) is 4.90 Å². The number of aliphatic hydroxyl groups is 1. The molecule has 0 amide bonds. The van der Waals surface area contributed by atoms with Gasteiger partial charge in [0.25, 0.3) is 0 Å². The van der Waals surface area contributed by atoms with E-state index in [1.54, 1.807) is 6.07 Å². The molecule has 1 saturated carbocycles. The number of hydrogen-bond acceptors (Lipinski definition) is 4. The fourth-order valence-electron chi connectivity index (χ4n) is 7.98. The summed E-state index contributed by atoms with van der Waals surface area (Å²) < 4.78 is 48.3. The topological polar surface area (TPSA) is 68.7 Å². The number of aromatic nitrogens is 1. The van der Waals surface area contributed by atoms with Crippen molar-refractivity contribution in [1.82, 2.24) is 9.88 Å². The molecule has 8 heteroatoms. The van der Waals surface area contributed by atoms with Gasteiger partial charge in [0, 0.05) is 35.5 Å². The highest BCUT2D eigenvalue weighted by Gasteiger charge is 2.74. The lowest BCUT2D eigenvalue weighted by atomic mass is 9.49. The van der Waals surface area contributed by atoms with Gasteiger partial charge in [-0.1, -0.05) is 24.3 Å². The monoisotopic (exact) mass is 482 g/mol. The maximum Gasteiger partial charge on any atom is 0.395 e. The summed E-state index contributed by atoms with van der Waals surface area (Å²) in [6, 6.07) is 10.9. The Morgan fingerprint density at radius 2 is 1.91 bits per heavy atom. The number of phenols is 1. The Kier molecular flexibility index (Phi) is 3.50. The number of rotatable bonds is 2. The molecule has 3 heterocycles. The molecular weight excluding hydrogens is 457 g/mol. The molecule has 35 heavy (non-hydrogen) atoms. The number of nitrogens with one attached hydrogen (secondary N) is 1. The van der Waals surface area contributed by atoms with Crippen molar-refractivity contribution < 1.29 is 28.1 Å². The minimum absolute atomic E-state index is 0.0439. The normalized spacial score (nSPS) is 33.8. The largest absolute Gasteiger partial charge is 0.504 e. The van der Waals surface area contributed by atoms with Gasteiger partial charge in [-0.05, 0) is 55.5 Å². The predicted octanol–water partition coefficient (Wildman–Crippen LogP) is 4.51. The Labute approximate surface area is 199 Å². The van der Waals surface area contributed by atoms with Crippen LogP contribution in [0.3, 0.4) is 0 Å². The number of aromatic amines is 1. The van der Waals surface area contributed by atoms with Crippen molar-refractivity contribution in [3.63, 3.8) is 0 Å². The van der Waals surface area contributed by atoms with Gasteiger partial charge in [0.2, 0.25) is 0 Å². The van der Waals surface area contributed by atoms with E-state index in [1.807, 2.05) is 35.2 Å². The molecule has 2 aliphatic heterocycles. The van der Waals surface area contributed by atoms with Gasteiger partial charge in [-0.2, -0.15) is 13.2 Å². The number of halogens is 3. The zero-order valence-corrected chi connectivity index (χ0v) is 19.0. The number of benzene rings is 2. The van der Waals surface area contributed by atoms with E-state index in [2.05, 4.69) is 4.98 Å². The summed E-state index contributed by atoms with van der Waals surface area (Å²) in [6.45, 7) is 0.376. The number of nitrogens with zero attached hydrogens (tertiary/aromatic N) is 1. The lowest BCUT2D eigenvalue weighted by molar-refractivity contribution is -0.213. The Morgan fingerprint density at radius 1 is 1.11 bits per heavy atom. The number of para-hydroxylation sites is 1. The van der Waals surface area contributed by atoms with Crippen LogP contribution in [-0.4, -0.2) is 51.0 Å². The molecule has 4 atom stereocenters. The summed E-state index contributed by atoms with van der Waals surface area (Å²) in [4.78, 5) is 5.43. The van der Waals surface area contributed by atoms with Gasteiger partial charge < -0.3 is 19.9 Å². The molecule has 5 nitrogen and oxygen atoms in total. The number of likely N-dealkylation sites (tertiary alicyclic amines) is 1. The predicted molar refractivity (Wildman–Crippen MR) is 122 cm³/mol. The average Bonchev–Trinajstić information content (AvgIpc) is 3.40. The van der Waals surface area contributed by atoms with E-state index in [9.17, 15) is 23.4 Å². The molecule has 182 valence electrons. The molecule has 8 rings (SSSR count). The second-order valence-corrected chi connectivity index (χ2v) is 11.3. The van der Waals surface area contributed by atoms with Crippen LogP contribution in [0.25, 0.3) is 10.9 Å². The summed E-state index contributed by atoms with van der Waals surface area (Å²) in [5.41, 5.74) is 0.809. The van der Waals surface area contributed by atoms with Crippen molar-refractivity contribution in [1.29, 1.82) is 0 Å². The first-order valence-corrected chi connectivity index (χ1v) is 12.3. The van der Waals surface area contributed by atoms with E-state index in [1.165, 1.54) is 0 Å². The van der Waals surface area contributed by atoms with Crippen molar-refractivity contribution in [2.24, 2.45) is 5.41 Å². The fraction of sp³-hybridized carbons (Fsp3) is 0.481. The number of alkyl halides is 3. The maximum atomic E-state index is 13.9. The number of ether oxygens (including phenoxy) is 1. The van der Waals surface area contributed by atoms with Crippen LogP contribution in [0, 0.1) is 5.41 Å². The quantitative estimate of drug-likeness (QED) is 0.503. The van der Waals surface area contributed by atoms with Crippen molar-refractivity contribution in [3.05, 3.63) is 58.8 Å². The van der Waals surface area contributed by atoms with E-state index < -0.39 is 34.8 Å². The fourth-order valence-corrected chi connectivity index (χ4v) is 7.98. The first-order chi connectivity index (χ1) is 16.7. The molecular formula is C27H25F3N2O3. The van der Waals surface area contributed by atoms with Gasteiger partial charge >= 0.3 is 6.18 Å². The highest BCUT2D eigenvalue weighted by molar-refractivity contribution is 5.86. The van der Waals surface area contributed by atoms with Gasteiger partial charge in [0.05, 0.1) is 22.1 Å². The zero-order chi connectivity index (χ0) is 24.0. The molecule has 3 N–H and O–H groups in total. The second kappa shape index (κ2) is 5.98. The number of fused-ring (bicyclic) bond motifs is 4. The second-order valence-electron chi connectivity index (χ2n) is 11.3. The van der Waals surface area contributed by atoms with Crippen LogP contribution < -0.4 is 4.74 Å². The molecule has 2 fully saturated rings. The molecule has 0 unspecified atom stereocenters. The Morgan fingerprint density at radius 3 is 2.69 bits per heavy atom. The van der Waals surface area contributed by atoms with Crippen LogP contribution in [0.5, 0.6) is 11.5 Å². The molecule has 0 radical (unpaired) electrons. The molecule has 1 saturated heterocycles. The average molecular weight is 483 g/mol. The van der Waals surface area contributed by atoms with Crippen molar-refractivity contribution in [2.75, 3.05) is 13.1 Å². The molecule has 1 aromatic heterocycles. The van der Waals surface area contributed by atoms with E-state index >= 15 is 0 Å². The summed E-state index contributed by atoms with van der Waals surface area (Å²) in [5.74, 6) is 0.459. The van der Waals surface area contributed by atoms with Gasteiger partial charge in [0.1, 0.15) is 0 Å². The van der Waals surface area contributed by atoms with Gasteiger partial charge in [0.15, 0.2) is 17.6 Å². The lowest BCUT2D eigenvalue weighted by Crippen LogP contribution is -2.75. The number of piperidine rings is 1. The molecule has 2 bridgehead atoms. The van der Waals surface area contributed by atoms with Crippen molar-refractivity contribution >= 4 is 10.9 Å². The summed E-state index contributed by atoms with van der Waals surface area (Å²) >= 11 is 0. The smallest absolute Gasteiger partial charge is 0.395 e. The zero-order valence-electron chi connectivity index (χ0n) is 19.0. The standard InChI is InChI=1S/C27H25F3N2O3/c28-27(29,30)24(7-8-24)13-32-10-9-25-20-14-5-6-18(33)22(20)35-23(25)21-16(12-26(25,34)19(32)11-14)15-3-1-2-4-17(15)31-21/h1-6,19,23,31,33-34H,7-13H2/t19-,23+,25+,26-/m1/s1. The highest BCUT2D eigenvalue weighted by Crippen LogP contribution is 2.69. The number of phenolic OH excluding ortho intramolecular Hbond substituents is 1. The third kappa shape index (κ3) is 2.21. The molecule has 5 aliphatic rings. The maximum absolute atomic E-state index is 13.9. The Hall–Kier alpha value is -2.71. The van der Waals surface area contributed by atoms with Crippen LogP contribution in [0.15, 0.2) is 36.4 Å². The molecule has 2 aromatic carbocycles. The van der Waals surface area contributed by atoms with Crippen LogP contribution in [-0.2, 0) is 18.3 Å². The van der Waals surface area contributed by atoms with Gasteiger partial charge in [-0.15, -0.1) is 0 Å². The van der Waals surface area contributed by atoms with Crippen LogP contribution >= 0.6 is 0 Å². The third-order valence-electron chi connectivity index (χ3n) is 9.84. The minimum Gasteiger partial charge on any atom is -0.504 e. The molecule has 3 aliphatic carbocycles. The van der Waals surface area contributed by atoms with Crippen LogP contribution in [0.2, 0.25) is 0 Å². The number of H-pyrrole nitrogens is 1. The summed E-state index contributed by atoms with van der Waals surface area (Å²) in [6.07, 6.45) is -3.24. The number of aromatic hydroxyl groups is 1. The van der Waals surface area contributed by atoms with Crippen LogP contribution in [0.4, 0.5) is 13.2 Å². The SMILES string of the molecule is Oc1ccc2c3c1O[C@H]1c4[nH]c5ccccc5c4C[C@@]4(O)[C@@H](C2)N(CC2(C(F)(F)F)CC2)CC[C@]314. The first-order valence-electron chi connectivity index (χ1n) is 12.3.